The highest BCUT2D eigenvalue weighted by Crippen LogP contribution is 2.16. The van der Waals surface area contributed by atoms with Crippen LogP contribution < -0.4 is 5.32 Å². The molecule has 1 unspecified atom stereocenters. The number of allylic oxidation sites excluding steroid dienone is 2. The third-order valence-corrected chi connectivity index (χ3v) is 2.55. The first kappa shape index (κ1) is 10.5. The van der Waals surface area contributed by atoms with Crippen LogP contribution in [-0.4, -0.2) is 12.6 Å². The highest BCUT2D eigenvalue weighted by Gasteiger charge is 2.10. The molecule has 0 aliphatic heterocycles. The second kappa shape index (κ2) is 5.23. The van der Waals surface area contributed by atoms with Crippen molar-refractivity contribution in [3.8, 4) is 0 Å². The first-order valence-corrected chi connectivity index (χ1v) is 5.21. The van der Waals surface area contributed by atoms with E-state index in [1.165, 1.54) is 24.8 Å². The maximum absolute atomic E-state index is 3.55. The summed E-state index contributed by atoms with van der Waals surface area (Å²) in [7, 11) is 0. The molecule has 1 rings (SSSR count). The average Bonchev–Trinajstić information content (AvgIpc) is 2.08. The minimum Gasteiger partial charge on any atom is -0.310 e. The molecule has 1 N–H and O–H groups in total. The Bertz CT molecular complexity index is 209. The molecule has 0 amide bonds. The van der Waals surface area contributed by atoms with Crippen LogP contribution in [0.5, 0.6) is 0 Å². The van der Waals surface area contributed by atoms with Crippen molar-refractivity contribution in [3.05, 3.63) is 23.3 Å². The summed E-state index contributed by atoms with van der Waals surface area (Å²) < 4.78 is 0. The van der Waals surface area contributed by atoms with Crippen LogP contribution in [0.4, 0.5) is 0 Å². The number of hydrogen-bond donors (Lipinski definition) is 1. The van der Waals surface area contributed by atoms with E-state index in [0.717, 1.165) is 6.54 Å². The van der Waals surface area contributed by atoms with E-state index in [0.29, 0.717) is 6.04 Å². The van der Waals surface area contributed by atoms with Gasteiger partial charge in [0.25, 0.3) is 0 Å². The summed E-state index contributed by atoms with van der Waals surface area (Å²) >= 11 is 0. The molecule has 0 radical (unpaired) electrons. The summed E-state index contributed by atoms with van der Waals surface area (Å²) in [6.07, 6.45) is 8.41. The Morgan fingerprint density at radius 1 is 1.62 bits per heavy atom. The Morgan fingerprint density at radius 3 is 2.92 bits per heavy atom. The number of nitrogens with one attached hydrogen (secondary N) is 1. The third-order valence-electron chi connectivity index (χ3n) is 2.55. The maximum atomic E-state index is 3.55. The molecule has 1 aliphatic carbocycles. The molecule has 0 aromatic heterocycles. The molecule has 0 bridgehead atoms. The van der Waals surface area contributed by atoms with Crippen molar-refractivity contribution in [1.29, 1.82) is 0 Å². The molecule has 0 saturated carbocycles. The number of hydrogen-bond acceptors (Lipinski definition) is 1. The fourth-order valence-electron chi connectivity index (χ4n) is 1.58. The van der Waals surface area contributed by atoms with Gasteiger partial charge >= 0.3 is 0 Å². The van der Waals surface area contributed by atoms with Gasteiger partial charge in [0.15, 0.2) is 0 Å². The van der Waals surface area contributed by atoms with Crippen molar-refractivity contribution in [3.63, 3.8) is 0 Å². The first-order chi connectivity index (χ1) is 6.18. The zero-order valence-corrected chi connectivity index (χ0v) is 9.06. The van der Waals surface area contributed by atoms with Gasteiger partial charge in [-0.15, -0.1) is 0 Å². The van der Waals surface area contributed by atoms with Gasteiger partial charge < -0.3 is 5.32 Å². The molecule has 13 heavy (non-hydrogen) atoms. The van der Waals surface area contributed by atoms with Gasteiger partial charge in [0.1, 0.15) is 0 Å². The van der Waals surface area contributed by atoms with Crippen LogP contribution in [0.2, 0.25) is 0 Å². The second-order valence-corrected chi connectivity index (χ2v) is 4.21. The highest BCUT2D eigenvalue weighted by molar-refractivity contribution is 5.05. The molecule has 0 aromatic carbocycles. The van der Waals surface area contributed by atoms with Crippen molar-refractivity contribution in [2.45, 2.75) is 46.1 Å². The Labute approximate surface area is 81.9 Å². The van der Waals surface area contributed by atoms with Gasteiger partial charge in [-0.1, -0.05) is 23.3 Å². The summed E-state index contributed by atoms with van der Waals surface area (Å²) in [5.41, 5.74) is 2.95. The van der Waals surface area contributed by atoms with E-state index in [1.807, 2.05) is 0 Å². The SMILES string of the molecule is CC(C)=CCNC1CC=C(C)CC1. The van der Waals surface area contributed by atoms with Crippen LogP contribution in [0.15, 0.2) is 23.3 Å². The summed E-state index contributed by atoms with van der Waals surface area (Å²) in [4.78, 5) is 0. The highest BCUT2D eigenvalue weighted by atomic mass is 14.9. The Morgan fingerprint density at radius 2 is 2.38 bits per heavy atom. The van der Waals surface area contributed by atoms with Gasteiger partial charge in [-0.3, -0.25) is 0 Å². The van der Waals surface area contributed by atoms with E-state index in [4.69, 9.17) is 0 Å². The van der Waals surface area contributed by atoms with Gasteiger partial charge in [0, 0.05) is 12.6 Å². The summed E-state index contributed by atoms with van der Waals surface area (Å²) in [5.74, 6) is 0. The summed E-state index contributed by atoms with van der Waals surface area (Å²) in [5, 5.41) is 3.55. The second-order valence-electron chi connectivity index (χ2n) is 4.21. The smallest absolute Gasteiger partial charge is 0.0140 e. The van der Waals surface area contributed by atoms with Crippen molar-refractivity contribution in [2.75, 3.05) is 6.54 Å². The monoisotopic (exact) mass is 179 g/mol. The van der Waals surface area contributed by atoms with Gasteiger partial charge in [-0.05, 0) is 40.0 Å². The van der Waals surface area contributed by atoms with E-state index < -0.39 is 0 Å². The van der Waals surface area contributed by atoms with E-state index in [-0.39, 0.29) is 0 Å². The quantitative estimate of drug-likeness (QED) is 0.657. The van der Waals surface area contributed by atoms with Crippen LogP contribution >= 0.6 is 0 Å². The van der Waals surface area contributed by atoms with Gasteiger partial charge in [-0.2, -0.15) is 0 Å². The maximum Gasteiger partial charge on any atom is 0.0140 e. The van der Waals surface area contributed by atoms with Crippen LogP contribution in [0, 0.1) is 0 Å². The molecular weight excluding hydrogens is 158 g/mol. The fraction of sp³-hybridized carbons (Fsp3) is 0.667. The zero-order chi connectivity index (χ0) is 9.68. The minimum absolute atomic E-state index is 0.708. The first-order valence-electron chi connectivity index (χ1n) is 5.21. The van der Waals surface area contributed by atoms with Crippen LogP contribution in [-0.2, 0) is 0 Å². The molecule has 1 atom stereocenters. The van der Waals surface area contributed by atoms with E-state index >= 15 is 0 Å². The van der Waals surface area contributed by atoms with Crippen molar-refractivity contribution in [2.24, 2.45) is 0 Å². The molecule has 0 saturated heterocycles. The van der Waals surface area contributed by atoms with Crippen molar-refractivity contribution < 1.29 is 0 Å². The lowest BCUT2D eigenvalue weighted by molar-refractivity contribution is 0.489. The van der Waals surface area contributed by atoms with Crippen LogP contribution in [0.1, 0.15) is 40.0 Å². The topological polar surface area (TPSA) is 12.0 Å². The average molecular weight is 179 g/mol. The molecule has 0 fully saturated rings. The standard InChI is InChI=1S/C12H21N/c1-10(2)8-9-13-12-6-4-11(3)5-7-12/h4,8,12-13H,5-7,9H2,1-3H3. The summed E-state index contributed by atoms with van der Waals surface area (Å²) in [6.45, 7) is 7.55. The Hall–Kier alpha value is -0.560. The molecule has 1 nitrogen and oxygen atoms in total. The van der Waals surface area contributed by atoms with Crippen LogP contribution in [0.3, 0.4) is 0 Å². The van der Waals surface area contributed by atoms with Gasteiger partial charge in [0.05, 0.1) is 0 Å². The van der Waals surface area contributed by atoms with E-state index in [2.05, 4.69) is 38.2 Å². The fourth-order valence-corrected chi connectivity index (χ4v) is 1.58. The van der Waals surface area contributed by atoms with Crippen molar-refractivity contribution >= 4 is 0 Å². The Kier molecular flexibility index (Phi) is 4.23. The lowest BCUT2D eigenvalue weighted by Crippen LogP contribution is -2.30. The molecule has 0 heterocycles. The number of rotatable bonds is 3. The summed E-state index contributed by atoms with van der Waals surface area (Å²) in [6, 6.07) is 0.708. The van der Waals surface area contributed by atoms with Gasteiger partial charge in [-0.25, -0.2) is 0 Å². The predicted octanol–water partition coefficient (Wildman–Crippen LogP) is 3.04. The molecule has 0 spiro atoms. The van der Waals surface area contributed by atoms with Crippen molar-refractivity contribution in [1.82, 2.24) is 5.32 Å². The lowest BCUT2D eigenvalue weighted by Gasteiger charge is -2.21. The predicted molar refractivity (Wildman–Crippen MR) is 58.8 cm³/mol. The minimum atomic E-state index is 0.708. The van der Waals surface area contributed by atoms with Crippen LogP contribution in [0.25, 0.3) is 0 Å². The normalized spacial score (nSPS) is 22.4. The lowest BCUT2D eigenvalue weighted by atomic mass is 9.96. The zero-order valence-electron chi connectivity index (χ0n) is 9.06. The van der Waals surface area contributed by atoms with E-state index in [1.54, 1.807) is 5.57 Å². The molecule has 74 valence electrons. The molecule has 0 aromatic rings. The largest absolute Gasteiger partial charge is 0.310 e. The Balaban J connectivity index is 2.21. The third kappa shape index (κ3) is 4.28. The van der Waals surface area contributed by atoms with Gasteiger partial charge in [0.2, 0.25) is 0 Å². The molecule has 1 aliphatic rings. The molecule has 1 heteroatoms. The van der Waals surface area contributed by atoms with E-state index in [9.17, 15) is 0 Å². The molecular formula is C12H21N.